The van der Waals surface area contributed by atoms with Gasteiger partial charge in [0.1, 0.15) is 5.15 Å². The molecular weight excluding hydrogens is 234 g/mol. The molecule has 1 N–H and O–H groups in total. The summed E-state index contributed by atoms with van der Waals surface area (Å²) in [6.45, 7) is 4.35. The molecule has 1 aliphatic rings. The van der Waals surface area contributed by atoms with E-state index in [4.69, 9.17) is 11.6 Å². The van der Waals surface area contributed by atoms with Crippen LogP contribution < -0.4 is 5.32 Å². The number of pyridine rings is 1. The molecule has 1 aliphatic heterocycles. The summed E-state index contributed by atoms with van der Waals surface area (Å²) in [4.78, 5) is 6.45. The van der Waals surface area contributed by atoms with Crippen molar-refractivity contribution in [1.82, 2.24) is 15.2 Å². The lowest BCUT2D eigenvalue weighted by Gasteiger charge is -2.27. The molecule has 0 aromatic carbocycles. The van der Waals surface area contributed by atoms with E-state index in [-0.39, 0.29) is 0 Å². The minimum Gasteiger partial charge on any atom is -0.317 e. The Hall–Kier alpha value is -0.640. The molecule has 0 aliphatic carbocycles. The zero-order valence-electron chi connectivity index (χ0n) is 10.3. The second-order valence-corrected chi connectivity index (χ2v) is 5.20. The lowest BCUT2D eigenvalue weighted by molar-refractivity contribution is 0.234. The highest BCUT2D eigenvalue weighted by atomic mass is 35.5. The number of nitrogens with one attached hydrogen (secondary N) is 1. The van der Waals surface area contributed by atoms with Gasteiger partial charge in [0.05, 0.1) is 0 Å². The first-order chi connectivity index (χ1) is 8.25. The first kappa shape index (κ1) is 12.8. The molecule has 0 bridgehead atoms. The van der Waals surface area contributed by atoms with Gasteiger partial charge in [0.2, 0.25) is 0 Å². The van der Waals surface area contributed by atoms with Crippen LogP contribution >= 0.6 is 11.6 Å². The molecule has 1 aromatic rings. The smallest absolute Gasteiger partial charge is 0.133 e. The molecule has 1 saturated heterocycles. The van der Waals surface area contributed by atoms with Crippen molar-refractivity contribution in [3.8, 4) is 0 Å². The monoisotopic (exact) mass is 253 g/mol. The lowest BCUT2D eigenvalue weighted by Crippen LogP contribution is -2.34. The van der Waals surface area contributed by atoms with E-state index in [1.807, 2.05) is 12.1 Å². The number of hydrogen-bond donors (Lipinski definition) is 1. The molecule has 0 atom stereocenters. The van der Waals surface area contributed by atoms with Crippen LogP contribution in [0, 0.1) is 5.92 Å². The Balaban J connectivity index is 1.84. The summed E-state index contributed by atoms with van der Waals surface area (Å²) >= 11 is 6.06. The van der Waals surface area contributed by atoms with Gasteiger partial charge in [0.25, 0.3) is 0 Å². The van der Waals surface area contributed by atoms with E-state index in [0.29, 0.717) is 5.15 Å². The van der Waals surface area contributed by atoms with E-state index in [1.54, 1.807) is 6.20 Å². The highest BCUT2D eigenvalue weighted by Gasteiger charge is 2.15. The van der Waals surface area contributed by atoms with Crippen LogP contribution in [-0.4, -0.2) is 36.6 Å². The van der Waals surface area contributed by atoms with Gasteiger partial charge in [-0.3, -0.25) is 0 Å². The zero-order chi connectivity index (χ0) is 12.1. The summed E-state index contributed by atoms with van der Waals surface area (Å²) in [6.07, 6.45) is 4.30. The maximum Gasteiger partial charge on any atom is 0.133 e. The number of aromatic nitrogens is 1. The number of nitrogens with zero attached hydrogens (tertiary/aromatic N) is 2. The maximum absolute atomic E-state index is 6.06. The Morgan fingerprint density at radius 2 is 2.24 bits per heavy atom. The zero-order valence-corrected chi connectivity index (χ0v) is 11.1. The molecule has 0 saturated carbocycles. The van der Waals surface area contributed by atoms with Crippen LogP contribution in [0.2, 0.25) is 5.15 Å². The quantitative estimate of drug-likeness (QED) is 0.834. The van der Waals surface area contributed by atoms with Gasteiger partial charge in [-0.1, -0.05) is 17.7 Å². The topological polar surface area (TPSA) is 28.2 Å². The molecule has 0 radical (unpaired) electrons. The molecule has 94 valence electrons. The van der Waals surface area contributed by atoms with Crippen molar-refractivity contribution in [2.75, 3.05) is 26.7 Å². The molecule has 3 nitrogen and oxygen atoms in total. The molecule has 2 heterocycles. The van der Waals surface area contributed by atoms with Gasteiger partial charge in [-0.15, -0.1) is 0 Å². The van der Waals surface area contributed by atoms with E-state index in [9.17, 15) is 0 Å². The van der Waals surface area contributed by atoms with E-state index in [1.165, 1.54) is 12.8 Å². The molecule has 0 unspecified atom stereocenters. The van der Waals surface area contributed by atoms with Gasteiger partial charge in [-0.05, 0) is 45.0 Å². The van der Waals surface area contributed by atoms with Crippen LogP contribution in [0.3, 0.4) is 0 Å². The SMILES string of the molecule is CN(Cc1cccnc1Cl)CC1CCNCC1. The summed E-state index contributed by atoms with van der Waals surface area (Å²) in [7, 11) is 2.16. The predicted molar refractivity (Wildman–Crippen MR) is 71.2 cm³/mol. The van der Waals surface area contributed by atoms with Crippen molar-refractivity contribution < 1.29 is 0 Å². The van der Waals surface area contributed by atoms with E-state index >= 15 is 0 Å². The van der Waals surface area contributed by atoms with Crippen molar-refractivity contribution in [2.24, 2.45) is 5.92 Å². The minimum atomic E-state index is 0.629. The average molecular weight is 254 g/mol. The van der Waals surface area contributed by atoms with Gasteiger partial charge in [-0.2, -0.15) is 0 Å². The Morgan fingerprint density at radius 1 is 1.47 bits per heavy atom. The first-order valence-corrected chi connectivity index (χ1v) is 6.62. The minimum absolute atomic E-state index is 0.629. The fraction of sp³-hybridized carbons (Fsp3) is 0.615. The Labute approximate surface area is 108 Å². The van der Waals surface area contributed by atoms with E-state index in [2.05, 4.69) is 22.2 Å². The Kier molecular flexibility index (Phi) is 4.77. The summed E-state index contributed by atoms with van der Waals surface area (Å²) in [5, 5.41) is 4.03. The molecule has 1 aromatic heterocycles. The molecule has 2 rings (SSSR count). The van der Waals surface area contributed by atoms with Crippen molar-refractivity contribution in [2.45, 2.75) is 19.4 Å². The van der Waals surface area contributed by atoms with Crippen LogP contribution in [0.5, 0.6) is 0 Å². The lowest BCUT2D eigenvalue weighted by atomic mass is 9.97. The standard InChI is InChI=1S/C13H20ClN3/c1-17(9-11-4-7-15-8-5-11)10-12-3-2-6-16-13(12)14/h2-3,6,11,15H,4-5,7-10H2,1H3. The van der Waals surface area contributed by atoms with Crippen molar-refractivity contribution in [1.29, 1.82) is 0 Å². The number of hydrogen-bond acceptors (Lipinski definition) is 3. The van der Waals surface area contributed by atoms with Gasteiger partial charge in [0.15, 0.2) is 0 Å². The maximum atomic E-state index is 6.06. The average Bonchev–Trinajstić information content (AvgIpc) is 2.33. The second kappa shape index (κ2) is 6.34. The molecule has 0 spiro atoms. The summed E-state index contributed by atoms with van der Waals surface area (Å²) < 4.78 is 0. The van der Waals surface area contributed by atoms with Gasteiger partial charge >= 0.3 is 0 Å². The van der Waals surface area contributed by atoms with Crippen molar-refractivity contribution in [3.05, 3.63) is 29.0 Å². The third-order valence-corrected chi connectivity index (χ3v) is 3.65. The number of piperidine rings is 1. The number of rotatable bonds is 4. The molecule has 4 heteroatoms. The highest BCUT2D eigenvalue weighted by molar-refractivity contribution is 6.30. The second-order valence-electron chi connectivity index (χ2n) is 4.84. The normalized spacial score (nSPS) is 17.6. The van der Waals surface area contributed by atoms with Gasteiger partial charge in [-0.25, -0.2) is 4.98 Å². The molecular formula is C13H20ClN3. The largest absolute Gasteiger partial charge is 0.317 e. The predicted octanol–water partition coefficient (Wildman–Crippen LogP) is 2.17. The van der Waals surface area contributed by atoms with Crippen LogP contribution in [0.15, 0.2) is 18.3 Å². The number of halogens is 1. The van der Waals surface area contributed by atoms with Crippen LogP contribution in [0.25, 0.3) is 0 Å². The van der Waals surface area contributed by atoms with Crippen LogP contribution in [0.1, 0.15) is 18.4 Å². The summed E-state index contributed by atoms with van der Waals surface area (Å²) in [5.41, 5.74) is 1.12. The molecule has 1 fully saturated rings. The van der Waals surface area contributed by atoms with Crippen molar-refractivity contribution >= 4 is 11.6 Å². The van der Waals surface area contributed by atoms with Gasteiger partial charge in [0, 0.05) is 24.8 Å². The third kappa shape index (κ3) is 3.95. The highest BCUT2D eigenvalue weighted by Crippen LogP contribution is 2.17. The fourth-order valence-corrected chi connectivity index (χ4v) is 2.58. The third-order valence-electron chi connectivity index (χ3n) is 3.31. The van der Waals surface area contributed by atoms with Crippen molar-refractivity contribution in [3.63, 3.8) is 0 Å². The van der Waals surface area contributed by atoms with E-state index in [0.717, 1.165) is 37.7 Å². The molecule has 0 amide bonds. The Bertz CT molecular complexity index is 350. The summed E-state index contributed by atoms with van der Waals surface area (Å²) in [6, 6.07) is 3.99. The van der Waals surface area contributed by atoms with E-state index < -0.39 is 0 Å². The van der Waals surface area contributed by atoms with Crippen LogP contribution in [0.4, 0.5) is 0 Å². The molecule has 17 heavy (non-hydrogen) atoms. The van der Waals surface area contributed by atoms with Gasteiger partial charge < -0.3 is 10.2 Å². The van der Waals surface area contributed by atoms with Crippen LogP contribution in [-0.2, 0) is 6.54 Å². The Morgan fingerprint density at radius 3 is 2.94 bits per heavy atom. The summed E-state index contributed by atoms with van der Waals surface area (Å²) in [5.74, 6) is 0.816. The fourth-order valence-electron chi connectivity index (χ4n) is 2.40. The first-order valence-electron chi connectivity index (χ1n) is 6.24.